The molecule has 1 aromatic carbocycles. The Kier molecular flexibility index (Phi) is 3.65. The van der Waals surface area contributed by atoms with Gasteiger partial charge >= 0.3 is 11.9 Å². The summed E-state index contributed by atoms with van der Waals surface area (Å²) in [5.74, 6) is 0.123. The van der Waals surface area contributed by atoms with E-state index in [1.54, 1.807) is 0 Å². The molecular formula is C14H20N2O2+2. The van der Waals surface area contributed by atoms with Gasteiger partial charge in [-0.2, -0.15) is 0 Å². The number of unbranched alkanes of at least 4 members (excludes halogenated alkanes) is 1. The molecule has 2 rings (SSSR count). The van der Waals surface area contributed by atoms with Gasteiger partial charge in [0.1, 0.15) is 0 Å². The van der Waals surface area contributed by atoms with Crippen molar-refractivity contribution in [1.82, 2.24) is 0 Å². The molecule has 0 unspecified atom stereocenters. The Bertz CT molecular complexity index is 567. The molecule has 4 heteroatoms. The number of aromatic nitrogens is 2. The molecule has 0 aliphatic heterocycles. The molecule has 0 bridgehead atoms. The molecule has 0 saturated heterocycles. The molecule has 2 N–H and O–H groups in total. The number of aryl methyl sites for hydroxylation is 1. The van der Waals surface area contributed by atoms with E-state index in [4.69, 9.17) is 0 Å². The van der Waals surface area contributed by atoms with Crippen LogP contribution >= 0.6 is 0 Å². The summed E-state index contributed by atoms with van der Waals surface area (Å²) in [5, 5.41) is 21.2. The molecule has 0 spiro atoms. The molecular weight excluding hydrogens is 228 g/mol. The standard InChI is InChI=1S/C14H18N2O2/c1-3-5-10-16-12-9-7-6-8-11(12)13(17)15(4-2)14(16)18/h6-9H,3-5,10H2,1-2H3/p+2. The highest BCUT2D eigenvalue weighted by atomic mass is 16.3. The van der Waals surface area contributed by atoms with Crippen LogP contribution in [0.3, 0.4) is 0 Å². The Morgan fingerprint density at radius 2 is 1.78 bits per heavy atom. The summed E-state index contributed by atoms with van der Waals surface area (Å²) in [5.41, 5.74) is 0.866. The van der Waals surface area contributed by atoms with Crippen LogP contribution in [0.5, 0.6) is 11.9 Å². The van der Waals surface area contributed by atoms with Gasteiger partial charge in [0.15, 0.2) is 18.5 Å². The van der Waals surface area contributed by atoms with Crippen molar-refractivity contribution in [2.75, 3.05) is 0 Å². The lowest BCUT2D eigenvalue weighted by atomic mass is 10.2. The summed E-state index contributed by atoms with van der Waals surface area (Å²) in [6, 6.07) is 7.72. The summed E-state index contributed by atoms with van der Waals surface area (Å²) in [7, 11) is 0. The highest BCUT2D eigenvalue weighted by Gasteiger charge is 2.31. The minimum atomic E-state index is 0.113. The van der Waals surface area contributed by atoms with Gasteiger partial charge in [-0.25, -0.2) is 0 Å². The smallest absolute Gasteiger partial charge is 0.459 e. The average Bonchev–Trinajstić information content (AvgIpc) is 2.39. The molecule has 1 aromatic heterocycles. The van der Waals surface area contributed by atoms with Crippen molar-refractivity contribution in [3.8, 4) is 11.9 Å². The number of para-hydroxylation sites is 1. The van der Waals surface area contributed by atoms with Crippen LogP contribution in [0.4, 0.5) is 0 Å². The topological polar surface area (TPSA) is 48.2 Å². The van der Waals surface area contributed by atoms with E-state index in [-0.39, 0.29) is 11.9 Å². The Morgan fingerprint density at radius 3 is 2.44 bits per heavy atom. The van der Waals surface area contributed by atoms with E-state index >= 15 is 0 Å². The van der Waals surface area contributed by atoms with E-state index in [0.717, 1.165) is 30.3 Å². The zero-order valence-corrected chi connectivity index (χ0v) is 10.9. The zero-order chi connectivity index (χ0) is 13.1. The summed E-state index contributed by atoms with van der Waals surface area (Å²) in [4.78, 5) is 0. The van der Waals surface area contributed by atoms with Crippen LogP contribution in [0.1, 0.15) is 26.7 Å². The maximum Gasteiger partial charge on any atom is 0.632 e. The van der Waals surface area contributed by atoms with Crippen molar-refractivity contribution in [3.05, 3.63) is 24.3 Å². The average molecular weight is 248 g/mol. The van der Waals surface area contributed by atoms with Gasteiger partial charge in [0.2, 0.25) is 5.52 Å². The van der Waals surface area contributed by atoms with Gasteiger partial charge in [-0.15, -0.1) is 0 Å². The molecule has 0 saturated carbocycles. The van der Waals surface area contributed by atoms with E-state index in [2.05, 4.69) is 6.92 Å². The van der Waals surface area contributed by atoms with Gasteiger partial charge in [0.05, 0.1) is 0 Å². The highest BCUT2D eigenvalue weighted by Crippen LogP contribution is 2.20. The van der Waals surface area contributed by atoms with Crippen LogP contribution in [0.25, 0.3) is 10.9 Å². The third-order valence-electron chi connectivity index (χ3n) is 3.23. The van der Waals surface area contributed by atoms with Crippen molar-refractivity contribution < 1.29 is 19.3 Å². The Hall–Kier alpha value is -1.84. The Balaban J connectivity index is 2.72. The third kappa shape index (κ3) is 1.98. The van der Waals surface area contributed by atoms with E-state index in [0.29, 0.717) is 6.54 Å². The summed E-state index contributed by atoms with van der Waals surface area (Å²) in [6.07, 6.45) is 2.06. The van der Waals surface area contributed by atoms with Crippen molar-refractivity contribution in [2.24, 2.45) is 0 Å². The predicted octanol–water partition coefficient (Wildman–Crippen LogP) is 1.65. The monoisotopic (exact) mass is 248 g/mol. The first-order valence-corrected chi connectivity index (χ1v) is 6.47. The van der Waals surface area contributed by atoms with Crippen molar-refractivity contribution >= 4 is 10.9 Å². The van der Waals surface area contributed by atoms with E-state index in [1.165, 1.54) is 4.57 Å². The van der Waals surface area contributed by atoms with Crippen molar-refractivity contribution in [1.29, 1.82) is 0 Å². The Morgan fingerprint density at radius 1 is 1.06 bits per heavy atom. The SMILES string of the molecule is CCCC[n+]1c(O)[n+](CC)c(O)c2ccccc21. The maximum atomic E-state index is 10.3. The summed E-state index contributed by atoms with van der Waals surface area (Å²) >= 11 is 0. The first-order chi connectivity index (χ1) is 8.70. The highest BCUT2D eigenvalue weighted by molar-refractivity contribution is 5.79. The molecule has 96 valence electrons. The van der Waals surface area contributed by atoms with E-state index in [9.17, 15) is 10.2 Å². The summed E-state index contributed by atoms with van der Waals surface area (Å²) in [6.45, 7) is 5.31. The van der Waals surface area contributed by atoms with Gasteiger partial charge in [-0.1, -0.05) is 34.6 Å². The number of rotatable bonds is 4. The first kappa shape index (κ1) is 12.6. The number of hydrogen-bond donors (Lipinski definition) is 2. The second-order valence-corrected chi connectivity index (χ2v) is 4.39. The molecule has 2 aromatic rings. The largest absolute Gasteiger partial charge is 0.632 e. The molecule has 0 atom stereocenters. The number of hydrogen-bond acceptors (Lipinski definition) is 2. The molecule has 0 radical (unpaired) electrons. The molecule has 0 aliphatic rings. The molecule has 0 amide bonds. The van der Waals surface area contributed by atoms with Gasteiger partial charge in [-0.3, -0.25) is 0 Å². The van der Waals surface area contributed by atoms with E-state index in [1.807, 2.05) is 35.8 Å². The number of nitrogens with zero attached hydrogens (tertiary/aromatic N) is 2. The fourth-order valence-electron chi connectivity index (χ4n) is 2.22. The molecule has 4 nitrogen and oxygen atoms in total. The minimum Gasteiger partial charge on any atom is -0.459 e. The van der Waals surface area contributed by atoms with Crippen LogP contribution < -0.4 is 9.13 Å². The number of fused-ring (bicyclic) bond motifs is 1. The van der Waals surface area contributed by atoms with Crippen LogP contribution in [-0.2, 0) is 13.1 Å². The molecule has 0 aliphatic carbocycles. The molecule has 1 heterocycles. The summed E-state index contributed by atoms with van der Waals surface area (Å²) < 4.78 is 3.39. The first-order valence-electron chi connectivity index (χ1n) is 6.47. The van der Waals surface area contributed by atoms with Crippen LogP contribution in [0.2, 0.25) is 0 Å². The van der Waals surface area contributed by atoms with Crippen molar-refractivity contribution in [2.45, 2.75) is 39.8 Å². The number of aromatic hydroxyl groups is 2. The van der Waals surface area contributed by atoms with Crippen LogP contribution in [-0.4, -0.2) is 10.2 Å². The molecule has 18 heavy (non-hydrogen) atoms. The second-order valence-electron chi connectivity index (χ2n) is 4.39. The lowest BCUT2D eigenvalue weighted by Crippen LogP contribution is -2.47. The van der Waals surface area contributed by atoms with Gasteiger partial charge < -0.3 is 10.2 Å². The fraction of sp³-hybridized carbons (Fsp3) is 0.429. The van der Waals surface area contributed by atoms with Crippen molar-refractivity contribution in [3.63, 3.8) is 0 Å². The Labute approximate surface area is 107 Å². The quantitative estimate of drug-likeness (QED) is 0.808. The number of benzene rings is 1. The second kappa shape index (κ2) is 5.21. The zero-order valence-electron chi connectivity index (χ0n) is 10.9. The molecule has 0 fully saturated rings. The lowest BCUT2D eigenvalue weighted by Gasteiger charge is -2.03. The van der Waals surface area contributed by atoms with Crippen LogP contribution in [0, 0.1) is 0 Å². The third-order valence-corrected chi connectivity index (χ3v) is 3.23. The van der Waals surface area contributed by atoms with E-state index < -0.39 is 0 Å². The normalized spacial score (nSPS) is 11.0. The lowest BCUT2D eigenvalue weighted by molar-refractivity contribution is -0.820. The minimum absolute atomic E-state index is 0.113. The fourth-order valence-corrected chi connectivity index (χ4v) is 2.22. The van der Waals surface area contributed by atoms with Gasteiger partial charge in [0.25, 0.3) is 0 Å². The van der Waals surface area contributed by atoms with Gasteiger partial charge in [0, 0.05) is 12.5 Å². The maximum absolute atomic E-state index is 10.3. The van der Waals surface area contributed by atoms with Gasteiger partial charge in [-0.05, 0) is 13.0 Å². The predicted molar refractivity (Wildman–Crippen MR) is 68.2 cm³/mol. The van der Waals surface area contributed by atoms with Crippen LogP contribution in [0.15, 0.2) is 24.3 Å².